The minimum absolute atomic E-state index is 0.275. The first kappa shape index (κ1) is 18.2. The van der Waals surface area contributed by atoms with Crippen LogP contribution in [0.15, 0.2) is 18.3 Å². The second-order valence-corrected chi connectivity index (χ2v) is 8.03. The van der Waals surface area contributed by atoms with Crippen molar-refractivity contribution in [1.29, 1.82) is 0 Å². The smallest absolute Gasteiger partial charge is 0.128 e. The fourth-order valence-electron chi connectivity index (χ4n) is 5.00. The number of nitrogens with one attached hydrogen (secondary N) is 1. The molecule has 3 heterocycles. The van der Waals surface area contributed by atoms with Gasteiger partial charge >= 0.3 is 0 Å². The topological polar surface area (TPSA) is 46.6 Å². The third kappa shape index (κ3) is 3.62. The highest BCUT2D eigenvalue weighted by Gasteiger charge is 2.55. The van der Waals surface area contributed by atoms with Crippen LogP contribution in [-0.4, -0.2) is 50.0 Å². The summed E-state index contributed by atoms with van der Waals surface area (Å²) in [5.74, 6) is 1.14. The molecule has 5 heteroatoms. The molecule has 0 radical (unpaired) electrons. The van der Waals surface area contributed by atoms with Crippen LogP contribution in [0.2, 0.25) is 0 Å². The fourth-order valence-corrected chi connectivity index (χ4v) is 5.00. The average molecular weight is 360 g/mol. The summed E-state index contributed by atoms with van der Waals surface area (Å²) in [6.45, 7) is 7.86. The summed E-state index contributed by atoms with van der Waals surface area (Å²) in [4.78, 5) is 7.04. The Hall–Kier alpha value is -1.17. The number of ether oxygens (including phenoxy) is 2. The zero-order valence-corrected chi connectivity index (χ0v) is 16.1. The highest BCUT2D eigenvalue weighted by Crippen LogP contribution is 2.50. The van der Waals surface area contributed by atoms with Gasteiger partial charge in [0.05, 0.1) is 6.10 Å². The van der Waals surface area contributed by atoms with Crippen molar-refractivity contribution in [2.75, 3.05) is 37.8 Å². The van der Waals surface area contributed by atoms with Gasteiger partial charge in [0.1, 0.15) is 5.82 Å². The minimum Gasteiger partial charge on any atom is -0.381 e. The lowest BCUT2D eigenvalue weighted by Crippen LogP contribution is -2.65. The molecule has 1 N–H and O–H groups in total. The molecule has 5 nitrogen and oxygen atoms in total. The van der Waals surface area contributed by atoms with Crippen molar-refractivity contribution in [3.8, 4) is 0 Å². The van der Waals surface area contributed by atoms with Crippen molar-refractivity contribution in [2.45, 2.75) is 64.1 Å². The van der Waals surface area contributed by atoms with E-state index in [2.05, 4.69) is 34.3 Å². The number of pyridine rings is 1. The number of aromatic nitrogens is 1. The van der Waals surface area contributed by atoms with Gasteiger partial charge in [0.15, 0.2) is 0 Å². The number of hydrogen-bond donors (Lipinski definition) is 1. The number of rotatable bonds is 6. The van der Waals surface area contributed by atoms with Crippen LogP contribution in [0.1, 0.15) is 51.0 Å². The van der Waals surface area contributed by atoms with Crippen LogP contribution in [0, 0.1) is 5.41 Å². The summed E-state index contributed by atoms with van der Waals surface area (Å²) in [5, 5.41) is 3.83. The van der Waals surface area contributed by atoms with E-state index in [1.54, 1.807) is 0 Å². The Kier molecular flexibility index (Phi) is 5.77. The lowest BCUT2D eigenvalue weighted by molar-refractivity contribution is -0.173. The molecule has 0 unspecified atom stereocenters. The van der Waals surface area contributed by atoms with Gasteiger partial charge in [-0.05, 0) is 63.1 Å². The zero-order chi connectivity index (χ0) is 17.8. The van der Waals surface area contributed by atoms with E-state index in [1.807, 2.05) is 6.20 Å². The van der Waals surface area contributed by atoms with E-state index >= 15 is 0 Å². The summed E-state index contributed by atoms with van der Waals surface area (Å²) in [5.41, 5.74) is 1.61. The van der Waals surface area contributed by atoms with E-state index in [9.17, 15) is 0 Å². The molecular weight excluding hydrogens is 326 g/mol. The summed E-state index contributed by atoms with van der Waals surface area (Å²) in [7, 11) is 0. The van der Waals surface area contributed by atoms with Crippen LogP contribution in [0.4, 0.5) is 5.82 Å². The molecule has 144 valence electrons. The van der Waals surface area contributed by atoms with Gasteiger partial charge < -0.3 is 19.7 Å². The Bertz CT molecular complexity index is 582. The molecule has 0 aromatic carbocycles. The minimum atomic E-state index is 0.275. The van der Waals surface area contributed by atoms with Crippen molar-refractivity contribution >= 4 is 5.82 Å². The molecule has 3 fully saturated rings. The molecule has 1 saturated carbocycles. The molecule has 1 aromatic rings. The van der Waals surface area contributed by atoms with E-state index in [4.69, 9.17) is 9.47 Å². The number of piperidine rings is 1. The van der Waals surface area contributed by atoms with Gasteiger partial charge in [-0.1, -0.05) is 0 Å². The zero-order valence-electron chi connectivity index (χ0n) is 16.1. The van der Waals surface area contributed by atoms with Crippen LogP contribution in [-0.2, 0) is 16.0 Å². The number of nitrogens with zero attached hydrogens (tertiary/aromatic N) is 2. The van der Waals surface area contributed by atoms with E-state index in [-0.39, 0.29) is 5.41 Å². The first-order valence-electron chi connectivity index (χ1n) is 10.4. The van der Waals surface area contributed by atoms with E-state index < -0.39 is 0 Å². The van der Waals surface area contributed by atoms with Crippen molar-refractivity contribution in [3.63, 3.8) is 0 Å². The van der Waals surface area contributed by atoms with Gasteiger partial charge in [0.25, 0.3) is 0 Å². The van der Waals surface area contributed by atoms with E-state index in [0.29, 0.717) is 12.1 Å². The Labute approximate surface area is 157 Å². The number of hydrogen-bond acceptors (Lipinski definition) is 5. The van der Waals surface area contributed by atoms with Crippen LogP contribution in [0.25, 0.3) is 0 Å². The summed E-state index contributed by atoms with van der Waals surface area (Å²) in [6, 6.07) is 4.96. The van der Waals surface area contributed by atoms with Gasteiger partial charge in [0.2, 0.25) is 0 Å². The molecule has 3 aliphatic rings. The molecule has 2 saturated heterocycles. The first-order chi connectivity index (χ1) is 12.8. The monoisotopic (exact) mass is 359 g/mol. The van der Waals surface area contributed by atoms with Gasteiger partial charge in [-0.2, -0.15) is 0 Å². The lowest BCUT2D eigenvalue weighted by atomic mass is 9.57. The third-order valence-corrected chi connectivity index (χ3v) is 6.62. The van der Waals surface area contributed by atoms with Gasteiger partial charge in [-0.3, -0.25) is 0 Å². The van der Waals surface area contributed by atoms with Crippen LogP contribution in [0.3, 0.4) is 0 Å². The maximum absolute atomic E-state index is 6.04. The van der Waals surface area contributed by atoms with Crippen molar-refractivity contribution < 1.29 is 9.47 Å². The Balaban J connectivity index is 1.37. The fraction of sp³-hybridized carbons (Fsp3) is 0.762. The largest absolute Gasteiger partial charge is 0.381 e. The molecule has 4 rings (SSSR count). The Morgan fingerprint density at radius 1 is 1.27 bits per heavy atom. The van der Waals surface area contributed by atoms with Crippen LogP contribution in [0.5, 0.6) is 0 Å². The van der Waals surface area contributed by atoms with Crippen LogP contribution >= 0.6 is 0 Å². The highest BCUT2D eigenvalue weighted by molar-refractivity contribution is 5.41. The predicted octanol–water partition coefficient (Wildman–Crippen LogP) is 3.14. The van der Waals surface area contributed by atoms with E-state index in [1.165, 1.54) is 24.8 Å². The van der Waals surface area contributed by atoms with Crippen LogP contribution < -0.4 is 10.2 Å². The molecule has 0 bridgehead atoms. The van der Waals surface area contributed by atoms with Gasteiger partial charge in [-0.25, -0.2) is 4.98 Å². The summed E-state index contributed by atoms with van der Waals surface area (Å²) in [6.07, 6.45) is 9.65. The summed E-state index contributed by atoms with van der Waals surface area (Å²) >= 11 is 0. The Morgan fingerprint density at radius 3 is 2.85 bits per heavy atom. The average Bonchev–Trinajstić information content (AvgIpc) is 2.71. The second kappa shape index (κ2) is 8.24. The highest BCUT2D eigenvalue weighted by atomic mass is 16.5. The quantitative estimate of drug-likeness (QED) is 0.845. The molecule has 1 spiro atoms. The van der Waals surface area contributed by atoms with Crippen molar-refractivity contribution in [2.24, 2.45) is 5.41 Å². The van der Waals surface area contributed by atoms with Crippen molar-refractivity contribution in [3.05, 3.63) is 23.9 Å². The Morgan fingerprint density at radius 2 is 2.08 bits per heavy atom. The van der Waals surface area contributed by atoms with E-state index in [0.717, 1.165) is 64.5 Å². The predicted molar refractivity (Wildman–Crippen MR) is 103 cm³/mol. The maximum atomic E-state index is 6.04. The molecule has 2 atom stereocenters. The molecule has 26 heavy (non-hydrogen) atoms. The lowest BCUT2D eigenvalue weighted by Gasteiger charge is -2.57. The SMILES string of the molecule is CCO[C@H]1C[C@H](NCc2ccnc(N3CCCCC3)c2)C12CCOCC2. The normalized spacial score (nSPS) is 28.1. The molecular formula is C21H33N3O2. The van der Waals surface area contributed by atoms with Crippen molar-refractivity contribution in [1.82, 2.24) is 10.3 Å². The first-order valence-corrected chi connectivity index (χ1v) is 10.4. The molecule has 1 aromatic heterocycles. The molecule has 0 amide bonds. The maximum Gasteiger partial charge on any atom is 0.128 e. The molecule has 2 aliphatic heterocycles. The second-order valence-electron chi connectivity index (χ2n) is 8.03. The van der Waals surface area contributed by atoms with Gasteiger partial charge in [-0.15, -0.1) is 0 Å². The number of anilines is 1. The van der Waals surface area contributed by atoms with Gasteiger partial charge in [0, 0.05) is 57.1 Å². The standard InChI is InChI=1S/C21H33N3O2/c1-2-26-19-15-18(21(19)7-12-25-13-8-21)23-16-17-6-9-22-20(14-17)24-10-4-3-5-11-24/h6,9,14,18-19,23H,2-5,7-8,10-13,15-16H2,1H3/t18-,19-/m0/s1. The third-order valence-electron chi connectivity index (χ3n) is 6.62. The summed E-state index contributed by atoms with van der Waals surface area (Å²) < 4.78 is 11.7. The molecule has 1 aliphatic carbocycles.